The van der Waals surface area contributed by atoms with Crippen LogP contribution in [0.25, 0.3) is 0 Å². The van der Waals surface area contributed by atoms with Crippen LogP contribution in [-0.4, -0.2) is 39.9 Å². The fraction of sp³-hybridized carbons (Fsp3) is 0.533. The molecule has 0 aromatic carbocycles. The molecule has 0 fully saturated rings. The second-order valence-corrected chi connectivity index (χ2v) is 5.48. The third-order valence-electron chi connectivity index (χ3n) is 3.39. The van der Waals surface area contributed by atoms with Gasteiger partial charge < -0.3 is 16.0 Å². The van der Waals surface area contributed by atoms with Crippen molar-refractivity contribution in [3.05, 3.63) is 22.9 Å². The molecule has 3 N–H and O–H groups in total. The van der Waals surface area contributed by atoms with Crippen molar-refractivity contribution >= 4 is 28.9 Å². The Hall–Kier alpha value is -1.69. The Morgan fingerprint density at radius 3 is 2.48 bits per heavy atom. The van der Waals surface area contributed by atoms with Gasteiger partial charge in [0.25, 0.3) is 0 Å². The minimum absolute atomic E-state index is 0.0369. The zero-order valence-electron chi connectivity index (χ0n) is 13.4. The van der Waals surface area contributed by atoms with E-state index in [0.29, 0.717) is 24.5 Å². The first kappa shape index (κ1) is 17.4. The number of aromatic nitrogens is 1. The Kier molecular flexibility index (Phi) is 6.08. The molecule has 1 aromatic rings. The van der Waals surface area contributed by atoms with Crippen LogP contribution in [0.5, 0.6) is 0 Å². The van der Waals surface area contributed by atoms with Crippen LogP contribution >= 0.6 is 12.2 Å². The second kappa shape index (κ2) is 7.36. The standard InChI is InChI=1S/C15H24N4OS/c1-6-19(7-2)15(20)11(5)18-14-12(13(16)21)9(3)8-10(4)17-14/h8,11H,6-7H2,1-5H3,(H2,16,21)(H,17,18). The van der Waals surface area contributed by atoms with Crippen molar-refractivity contribution in [2.45, 2.75) is 40.7 Å². The van der Waals surface area contributed by atoms with E-state index in [1.165, 1.54) is 0 Å². The summed E-state index contributed by atoms with van der Waals surface area (Å²) in [5, 5.41) is 3.15. The number of pyridine rings is 1. The van der Waals surface area contributed by atoms with Crippen molar-refractivity contribution in [2.24, 2.45) is 5.73 Å². The number of nitrogens with one attached hydrogen (secondary N) is 1. The average molecular weight is 308 g/mol. The molecule has 0 spiro atoms. The molecule has 116 valence electrons. The number of likely N-dealkylation sites (N-methyl/N-ethyl adjacent to an activating group) is 1. The molecule has 0 aliphatic rings. The molecule has 0 bridgehead atoms. The maximum absolute atomic E-state index is 12.3. The van der Waals surface area contributed by atoms with E-state index in [1.54, 1.807) is 4.90 Å². The SMILES string of the molecule is CCN(CC)C(=O)C(C)Nc1nc(C)cc(C)c1C(N)=S. The van der Waals surface area contributed by atoms with Gasteiger partial charge in [-0.2, -0.15) is 0 Å². The smallest absolute Gasteiger partial charge is 0.244 e. The number of amides is 1. The molecule has 0 saturated carbocycles. The highest BCUT2D eigenvalue weighted by molar-refractivity contribution is 7.80. The molecule has 0 radical (unpaired) electrons. The van der Waals surface area contributed by atoms with Crippen molar-refractivity contribution < 1.29 is 4.79 Å². The van der Waals surface area contributed by atoms with Crippen LogP contribution in [0.3, 0.4) is 0 Å². The van der Waals surface area contributed by atoms with Gasteiger partial charge in [0, 0.05) is 18.8 Å². The maximum Gasteiger partial charge on any atom is 0.244 e. The summed E-state index contributed by atoms with van der Waals surface area (Å²) in [5.74, 6) is 0.614. The number of hydrogen-bond donors (Lipinski definition) is 2. The molecular weight excluding hydrogens is 284 g/mol. The van der Waals surface area contributed by atoms with Gasteiger partial charge in [0.15, 0.2) is 0 Å². The summed E-state index contributed by atoms with van der Waals surface area (Å²) in [6.45, 7) is 11.0. The van der Waals surface area contributed by atoms with Gasteiger partial charge in [0.1, 0.15) is 16.8 Å². The number of hydrogen-bond acceptors (Lipinski definition) is 4. The molecule has 1 atom stereocenters. The van der Waals surface area contributed by atoms with Crippen LogP contribution in [0, 0.1) is 13.8 Å². The topological polar surface area (TPSA) is 71.2 Å². The van der Waals surface area contributed by atoms with E-state index in [9.17, 15) is 4.79 Å². The predicted octanol–water partition coefficient (Wildman–Crippen LogP) is 2.00. The first-order chi connectivity index (χ1) is 9.81. The van der Waals surface area contributed by atoms with Gasteiger partial charge >= 0.3 is 0 Å². The second-order valence-electron chi connectivity index (χ2n) is 5.04. The molecule has 5 nitrogen and oxygen atoms in total. The summed E-state index contributed by atoms with van der Waals surface area (Å²) >= 11 is 5.10. The normalized spacial score (nSPS) is 11.9. The highest BCUT2D eigenvalue weighted by atomic mass is 32.1. The number of nitrogens with zero attached hydrogens (tertiary/aromatic N) is 2. The van der Waals surface area contributed by atoms with E-state index in [1.807, 2.05) is 40.7 Å². The zero-order valence-corrected chi connectivity index (χ0v) is 14.2. The number of aryl methyl sites for hydroxylation is 2. The molecule has 0 aliphatic heterocycles. The fourth-order valence-electron chi connectivity index (χ4n) is 2.33. The van der Waals surface area contributed by atoms with Crippen LogP contribution < -0.4 is 11.1 Å². The molecule has 6 heteroatoms. The minimum Gasteiger partial charge on any atom is -0.389 e. The molecule has 1 aromatic heterocycles. The van der Waals surface area contributed by atoms with Gasteiger partial charge in [0.05, 0.1) is 5.56 Å². The minimum atomic E-state index is -0.383. The molecule has 1 unspecified atom stereocenters. The fourth-order valence-corrected chi connectivity index (χ4v) is 2.59. The largest absolute Gasteiger partial charge is 0.389 e. The predicted molar refractivity (Wildman–Crippen MR) is 90.6 cm³/mol. The average Bonchev–Trinajstić information content (AvgIpc) is 2.38. The monoisotopic (exact) mass is 308 g/mol. The third kappa shape index (κ3) is 4.14. The van der Waals surface area contributed by atoms with Crippen molar-refractivity contribution in [3.8, 4) is 0 Å². The Balaban J connectivity index is 3.07. The molecule has 1 amide bonds. The lowest BCUT2D eigenvalue weighted by Gasteiger charge is -2.24. The lowest BCUT2D eigenvalue weighted by molar-refractivity contribution is -0.131. The van der Waals surface area contributed by atoms with Gasteiger partial charge in [-0.3, -0.25) is 4.79 Å². The van der Waals surface area contributed by atoms with E-state index in [2.05, 4.69) is 10.3 Å². The Morgan fingerprint density at radius 1 is 1.43 bits per heavy atom. The van der Waals surface area contributed by atoms with E-state index < -0.39 is 0 Å². The van der Waals surface area contributed by atoms with E-state index in [0.717, 1.165) is 11.3 Å². The third-order valence-corrected chi connectivity index (χ3v) is 3.59. The Morgan fingerprint density at radius 2 is 2.00 bits per heavy atom. The maximum atomic E-state index is 12.3. The molecule has 1 rings (SSSR count). The summed E-state index contributed by atoms with van der Waals surface area (Å²) in [4.78, 5) is 18.8. The molecular formula is C15H24N4OS. The van der Waals surface area contributed by atoms with Crippen molar-refractivity contribution in [3.63, 3.8) is 0 Å². The van der Waals surface area contributed by atoms with Crippen LogP contribution in [-0.2, 0) is 4.79 Å². The van der Waals surface area contributed by atoms with Crippen LogP contribution in [0.1, 0.15) is 37.6 Å². The van der Waals surface area contributed by atoms with Gasteiger partial charge in [0.2, 0.25) is 5.91 Å². The van der Waals surface area contributed by atoms with Crippen molar-refractivity contribution in [1.29, 1.82) is 0 Å². The van der Waals surface area contributed by atoms with Gasteiger partial charge in [-0.15, -0.1) is 0 Å². The molecule has 21 heavy (non-hydrogen) atoms. The number of nitrogens with two attached hydrogens (primary N) is 1. The number of anilines is 1. The Labute approximate surface area is 131 Å². The van der Waals surface area contributed by atoms with Crippen molar-refractivity contribution in [1.82, 2.24) is 9.88 Å². The molecule has 0 saturated heterocycles. The van der Waals surface area contributed by atoms with E-state index in [4.69, 9.17) is 18.0 Å². The zero-order chi connectivity index (χ0) is 16.2. The summed E-state index contributed by atoms with van der Waals surface area (Å²) in [7, 11) is 0. The van der Waals surface area contributed by atoms with Gasteiger partial charge in [-0.25, -0.2) is 4.98 Å². The number of carbonyl (C=O) groups excluding carboxylic acids is 1. The van der Waals surface area contributed by atoms with Crippen LogP contribution in [0.15, 0.2) is 6.07 Å². The van der Waals surface area contributed by atoms with Crippen molar-refractivity contribution in [2.75, 3.05) is 18.4 Å². The lowest BCUT2D eigenvalue weighted by Crippen LogP contribution is -2.41. The number of carbonyl (C=O) groups is 1. The molecule has 0 aliphatic carbocycles. The van der Waals surface area contributed by atoms with Crippen LogP contribution in [0.2, 0.25) is 0 Å². The van der Waals surface area contributed by atoms with Gasteiger partial charge in [-0.05, 0) is 46.2 Å². The highest BCUT2D eigenvalue weighted by Gasteiger charge is 2.21. The summed E-state index contributed by atoms with van der Waals surface area (Å²) in [5.41, 5.74) is 8.31. The highest BCUT2D eigenvalue weighted by Crippen LogP contribution is 2.19. The van der Waals surface area contributed by atoms with E-state index >= 15 is 0 Å². The van der Waals surface area contributed by atoms with Gasteiger partial charge in [-0.1, -0.05) is 12.2 Å². The number of rotatable bonds is 6. The summed E-state index contributed by atoms with van der Waals surface area (Å²) in [6.07, 6.45) is 0. The quantitative estimate of drug-likeness (QED) is 0.787. The van der Waals surface area contributed by atoms with Crippen LogP contribution in [0.4, 0.5) is 5.82 Å². The Bertz CT molecular complexity index is 541. The summed E-state index contributed by atoms with van der Waals surface area (Å²) < 4.78 is 0. The lowest BCUT2D eigenvalue weighted by atomic mass is 10.1. The van der Waals surface area contributed by atoms with E-state index in [-0.39, 0.29) is 16.9 Å². The number of thiocarbonyl (C=S) groups is 1. The molecule has 1 heterocycles. The first-order valence-electron chi connectivity index (χ1n) is 7.15. The first-order valence-corrected chi connectivity index (χ1v) is 7.55. The summed E-state index contributed by atoms with van der Waals surface area (Å²) in [6, 6.07) is 1.54.